The zero-order valence-corrected chi connectivity index (χ0v) is 10.6. The zero-order valence-electron chi connectivity index (χ0n) is 9.66. The number of non-ortho nitro benzene ring substituents is 1. The van der Waals surface area contributed by atoms with Gasteiger partial charge in [0.05, 0.1) is 17.7 Å². The van der Waals surface area contributed by atoms with Crippen molar-refractivity contribution in [1.82, 2.24) is 0 Å². The molecule has 0 fully saturated rings. The Kier molecular flexibility index (Phi) is 4.81. The highest BCUT2D eigenvalue weighted by Crippen LogP contribution is 2.50. The lowest BCUT2D eigenvalue weighted by Gasteiger charge is -2.14. The molecule has 0 spiro atoms. The summed E-state index contributed by atoms with van der Waals surface area (Å²) in [6, 6.07) is 5.93. The van der Waals surface area contributed by atoms with Crippen LogP contribution in [0.4, 0.5) is 5.69 Å². The highest BCUT2D eigenvalue weighted by molar-refractivity contribution is 7.53. The second-order valence-electron chi connectivity index (χ2n) is 3.30. The van der Waals surface area contributed by atoms with Crippen molar-refractivity contribution in [2.45, 2.75) is 13.1 Å². The number of nitro benzene ring substituents is 1. The summed E-state index contributed by atoms with van der Waals surface area (Å²) in [6.45, 7) is 1.97. The van der Waals surface area contributed by atoms with Crippen LogP contribution in [0.2, 0.25) is 0 Å². The molecule has 1 unspecified atom stereocenters. The molecule has 0 bridgehead atoms. The molecule has 0 aromatic heterocycles. The second kappa shape index (κ2) is 5.91. The van der Waals surface area contributed by atoms with Gasteiger partial charge in [0.2, 0.25) is 0 Å². The van der Waals surface area contributed by atoms with Crippen molar-refractivity contribution in [3.8, 4) is 0 Å². The van der Waals surface area contributed by atoms with Gasteiger partial charge in [-0.15, -0.1) is 0 Å². The molecule has 6 nitrogen and oxygen atoms in total. The van der Waals surface area contributed by atoms with Crippen molar-refractivity contribution < 1.29 is 18.5 Å². The first-order chi connectivity index (χ1) is 8.00. The molecule has 0 amide bonds. The fourth-order valence-electron chi connectivity index (χ4n) is 1.35. The Morgan fingerprint density at radius 2 is 2.18 bits per heavy atom. The molecule has 0 aliphatic carbocycles. The summed E-state index contributed by atoms with van der Waals surface area (Å²) in [5.41, 5.74) is 0.513. The van der Waals surface area contributed by atoms with Gasteiger partial charge < -0.3 is 9.05 Å². The Morgan fingerprint density at radius 3 is 2.71 bits per heavy atom. The normalized spacial score (nSPS) is 14.2. The van der Waals surface area contributed by atoms with Crippen LogP contribution in [-0.2, 0) is 19.8 Å². The Bertz CT molecular complexity index is 448. The summed E-state index contributed by atoms with van der Waals surface area (Å²) in [5.74, 6) is 0. The van der Waals surface area contributed by atoms with Gasteiger partial charge in [-0.25, -0.2) is 0 Å². The van der Waals surface area contributed by atoms with Crippen molar-refractivity contribution in [3.05, 3.63) is 39.9 Å². The molecule has 0 aliphatic heterocycles. The van der Waals surface area contributed by atoms with Gasteiger partial charge in [0, 0.05) is 19.2 Å². The molecule has 7 heteroatoms. The van der Waals surface area contributed by atoms with Gasteiger partial charge >= 0.3 is 7.60 Å². The van der Waals surface area contributed by atoms with Crippen molar-refractivity contribution in [3.63, 3.8) is 0 Å². The van der Waals surface area contributed by atoms with Crippen LogP contribution in [0, 0.1) is 10.1 Å². The lowest BCUT2D eigenvalue weighted by Crippen LogP contribution is -1.97. The average molecular weight is 259 g/mol. The predicted octanol–water partition coefficient (Wildman–Crippen LogP) is 2.97. The standard InChI is InChI=1S/C10H14NO5P/c1-3-16-17(14,15-2)8-9-5-4-6-10(7-9)11(12)13/h4-7H,3,8H2,1-2H3. The van der Waals surface area contributed by atoms with Crippen LogP contribution in [-0.4, -0.2) is 18.6 Å². The molecule has 0 aliphatic rings. The summed E-state index contributed by atoms with van der Waals surface area (Å²) in [6.07, 6.45) is 0.0268. The third-order valence-electron chi connectivity index (χ3n) is 2.10. The van der Waals surface area contributed by atoms with Crippen molar-refractivity contribution in [2.75, 3.05) is 13.7 Å². The molecule has 0 saturated heterocycles. The highest BCUT2D eigenvalue weighted by Gasteiger charge is 2.23. The van der Waals surface area contributed by atoms with Gasteiger partial charge in [-0.3, -0.25) is 14.7 Å². The van der Waals surface area contributed by atoms with Gasteiger partial charge in [-0.2, -0.15) is 0 Å². The van der Waals surface area contributed by atoms with Crippen molar-refractivity contribution >= 4 is 13.3 Å². The SMILES string of the molecule is CCOP(=O)(Cc1cccc([N+](=O)[O-])c1)OC. The zero-order chi connectivity index (χ0) is 12.9. The lowest BCUT2D eigenvalue weighted by atomic mass is 10.2. The van der Waals surface area contributed by atoms with E-state index in [0.29, 0.717) is 5.56 Å². The van der Waals surface area contributed by atoms with Crippen LogP contribution >= 0.6 is 7.60 Å². The molecule has 1 atom stereocenters. The number of benzene rings is 1. The van der Waals surface area contributed by atoms with E-state index in [1.54, 1.807) is 19.1 Å². The quantitative estimate of drug-likeness (QED) is 0.445. The first-order valence-corrected chi connectivity index (χ1v) is 6.76. The average Bonchev–Trinajstić information content (AvgIpc) is 2.29. The highest BCUT2D eigenvalue weighted by atomic mass is 31.2. The molecule has 17 heavy (non-hydrogen) atoms. The Labute approximate surface area is 99.2 Å². The van der Waals surface area contributed by atoms with Gasteiger partial charge in [-0.05, 0) is 12.5 Å². The van der Waals surface area contributed by atoms with E-state index in [-0.39, 0.29) is 18.5 Å². The number of nitrogens with zero attached hydrogens (tertiary/aromatic N) is 1. The molecule has 0 saturated carbocycles. The molecule has 94 valence electrons. The van der Waals surface area contributed by atoms with Crippen LogP contribution in [0.15, 0.2) is 24.3 Å². The van der Waals surface area contributed by atoms with E-state index >= 15 is 0 Å². The van der Waals surface area contributed by atoms with Crippen LogP contribution in [0.25, 0.3) is 0 Å². The van der Waals surface area contributed by atoms with Crippen LogP contribution < -0.4 is 0 Å². The third kappa shape index (κ3) is 3.93. The van der Waals surface area contributed by atoms with E-state index in [9.17, 15) is 14.7 Å². The van der Waals surface area contributed by atoms with Gasteiger partial charge in [0.1, 0.15) is 0 Å². The summed E-state index contributed by atoms with van der Waals surface area (Å²) >= 11 is 0. The van der Waals surface area contributed by atoms with E-state index in [4.69, 9.17) is 9.05 Å². The minimum atomic E-state index is -3.19. The summed E-state index contributed by atoms with van der Waals surface area (Å²) in [5, 5.41) is 10.6. The topological polar surface area (TPSA) is 78.7 Å². The van der Waals surface area contributed by atoms with Crippen molar-refractivity contribution in [2.24, 2.45) is 0 Å². The van der Waals surface area contributed by atoms with E-state index < -0.39 is 12.5 Å². The number of nitro groups is 1. The van der Waals surface area contributed by atoms with Crippen LogP contribution in [0.3, 0.4) is 0 Å². The fraction of sp³-hybridized carbons (Fsp3) is 0.400. The molecule has 1 aromatic rings. The number of rotatable bonds is 6. The van der Waals surface area contributed by atoms with Crippen molar-refractivity contribution in [1.29, 1.82) is 0 Å². The maximum absolute atomic E-state index is 12.0. The van der Waals surface area contributed by atoms with Gasteiger partial charge in [0.25, 0.3) is 5.69 Å². The predicted molar refractivity (Wildman–Crippen MR) is 63.0 cm³/mol. The van der Waals surface area contributed by atoms with Gasteiger partial charge in [0.15, 0.2) is 0 Å². The molecule has 1 rings (SSSR count). The summed E-state index contributed by atoms with van der Waals surface area (Å²) in [7, 11) is -1.90. The van der Waals surface area contributed by atoms with Gasteiger partial charge in [-0.1, -0.05) is 12.1 Å². The summed E-state index contributed by atoms with van der Waals surface area (Å²) in [4.78, 5) is 10.1. The summed E-state index contributed by atoms with van der Waals surface area (Å²) < 4.78 is 21.9. The fourth-order valence-corrected chi connectivity index (χ4v) is 2.71. The Balaban J connectivity index is 2.90. The molecule has 0 heterocycles. The van der Waals surface area contributed by atoms with E-state index in [1.807, 2.05) is 0 Å². The molecular weight excluding hydrogens is 245 g/mol. The molecule has 0 N–H and O–H groups in total. The third-order valence-corrected chi connectivity index (χ3v) is 4.06. The van der Waals surface area contributed by atoms with E-state index in [1.165, 1.54) is 19.2 Å². The minimum Gasteiger partial charge on any atom is -0.312 e. The second-order valence-corrected chi connectivity index (χ2v) is 5.46. The first-order valence-electron chi connectivity index (χ1n) is 5.03. The lowest BCUT2D eigenvalue weighted by molar-refractivity contribution is -0.384. The minimum absolute atomic E-state index is 0.0268. The largest absolute Gasteiger partial charge is 0.334 e. The smallest absolute Gasteiger partial charge is 0.312 e. The van der Waals surface area contributed by atoms with E-state index in [2.05, 4.69) is 0 Å². The monoisotopic (exact) mass is 259 g/mol. The Morgan fingerprint density at radius 1 is 1.47 bits per heavy atom. The number of hydrogen-bond acceptors (Lipinski definition) is 5. The maximum atomic E-state index is 12.0. The van der Waals surface area contributed by atoms with Crippen LogP contribution in [0.1, 0.15) is 12.5 Å². The molecular formula is C10H14NO5P. The van der Waals surface area contributed by atoms with Crippen LogP contribution in [0.5, 0.6) is 0 Å². The van der Waals surface area contributed by atoms with E-state index in [0.717, 1.165) is 0 Å². The first kappa shape index (κ1) is 13.8. The number of hydrogen-bond donors (Lipinski definition) is 0. The Hall–Kier alpha value is -1.23. The maximum Gasteiger partial charge on any atom is 0.334 e. The molecule has 1 aromatic carbocycles. The molecule has 0 radical (unpaired) electrons.